The normalized spacial score (nSPS) is 20.2. The van der Waals surface area contributed by atoms with Gasteiger partial charge in [-0.1, -0.05) is 41.4 Å². The van der Waals surface area contributed by atoms with Gasteiger partial charge in [0.15, 0.2) is 0 Å². The Labute approximate surface area is 219 Å². The fraction of sp³-hybridized carbons (Fsp3) is 0.360. The molecule has 1 amide bonds. The average molecular weight is 535 g/mol. The number of rotatable bonds is 11. The van der Waals surface area contributed by atoms with Crippen LogP contribution < -0.4 is 15.4 Å². The molecule has 9 nitrogen and oxygen atoms in total. The highest BCUT2D eigenvalue weighted by Gasteiger charge is 2.50. The van der Waals surface area contributed by atoms with Crippen LogP contribution in [0.15, 0.2) is 61.2 Å². The van der Waals surface area contributed by atoms with E-state index in [0.29, 0.717) is 54.2 Å². The van der Waals surface area contributed by atoms with Crippen molar-refractivity contribution >= 4 is 29.3 Å². The summed E-state index contributed by atoms with van der Waals surface area (Å²) in [6.07, 6.45) is 3.91. The molecule has 0 saturated carbocycles. The minimum atomic E-state index is -1.14. The molecule has 0 bridgehead atoms. The number of nitrogens with one attached hydrogen (secondary N) is 2. The van der Waals surface area contributed by atoms with Crippen molar-refractivity contribution in [3.63, 3.8) is 0 Å². The number of carbonyl (C=O) groups is 1. The smallest absolute Gasteiger partial charge is 0.404 e. The monoisotopic (exact) mass is 534 g/mol. The summed E-state index contributed by atoms with van der Waals surface area (Å²) >= 11 is 12.7. The third kappa shape index (κ3) is 6.29. The van der Waals surface area contributed by atoms with E-state index in [4.69, 9.17) is 42.5 Å². The lowest BCUT2D eigenvalue weighted by atomic mass is 9.98. The van der Waals surface area contributed by atoms with Crippen LogP contribution in [0.25, 0.3) is 0 Å². The molecule has 1 fully saturated rings. The van der Waals surface area contributed by atoms with E-state index in [9.17, 15) is 4.79 Å². The SMILES string of the molecule is CC(n1ccnc1)C1(c2ccc(Cl)cc2Cl)OCC(COc2ccc(CNCCNC(=O)O)cc2)O1. The van der Waals surface area contributed by atoms with E-state index in [0.717, 1.165) is 5.56 Å². The Morgan fingerprint density at radius 2 is 2.08 bits per heavy atom. The Hall–Kier alpha value is -2.82. The van der Waals surface area contributed by atoms with Crippen LogP contribution in [0.3, 0.4) is 0 Å². The van der Waals surface area contributed by atoms with Gasteiger partial charge in [0, 0.05) is 42.6 Å². The number of amides is 1. The number of nitrogens with zero attached hydrogens (tertiary/aromatic N) is 2. The predicted octanol–water partition coefficient (Wildman–Crippen LogP) is 4.46. The van der Waals surface area contributed by atoms with Crippen molar-refractivity contribution in [1.82, 2.24) is 20.2 Å². The van der Waals surface area contributed by atoms with Gasteiger partial charge < -0.3 is 34.5 Å². The summed E-state index contributed by atoms with van der Waals surface area (Å²) in [6, 6.07) is 12.7. The first kappa shape index (κ1) is 26.2. The molecular weight excluding hydrogens is 507 g/mol. The van der Waals surface area contributed by atoms with Gasteiger partial charge in [0.2, 0.25) is 5.79 Å². The van der Waals surface area contributed by atoms with E-state index in [2.05, 4.69) is 15.6 Å². The van der Waals surface area contributed by atoms with Crippen LogP contribution in [0.4, 0.5) is 4.79 Å². The van der Waals surface area contributed by atoms with Crippen LogP contribution in [-0.4, -0.2) is 53.2 Å². The Morgan fingerprint density at radius 1 is 1.28 bits per heavy atom. The van der Waals surface area contributed by atoms with Crippen LogP contribution in [-0.2, 0) is 21.8 Å². The second-order valence-electron chi connectivity index (χ2n) is 8.39. The van der Waals surface area contributed by atoms with Crippen LogP contribution in [0.2, 0.25) is 10.0 Å². The van der Waals surface area contributed by atoms with Crippen molar-refractivity contribution < 1.29 is 24.1 Å². The molecule has 36 heavy (non-hydrogen) atoms. The fourth-order valence-corrected chi connectivity index (χ4v) is 4.59. The number of aromatic nitrogens is 2. The van der Waals surface area contributed by atoms with Crippen molar-refractivity contribution in [2.75, 3.05) is 26.3 Å². The molecule has 2 aromatic carbocycles. The highest BCUT2D eigenvalue weighted by atomic mass is 35.5. The number of hydrogen-bond acceptors (Lipinski definition) is 6. The fourth-order valence-electron chi connectivity index (χ4n) is 4.05. The number of imidazole rings is 1. The summed E-state index contributed by atoms with van der Waals surface area (Å²) in [5.74, 6) is -0.430. The van der Waals surface area contributed by atoms with Gasteiger partial charge in [0.05, 0.1) is 24.0 Å². The molecule has 1 aliphatic rings. The highest BCUT2D eigenvalue weighted by Crippen LogP contribution is 2.46. The molecule has 3 aromatic rings. The van der Waals surface area contributed by atoms with Crippen molar-refractivity contribution in [3.05, 3.63) is 82.4 Å². The number of halogens is 2. The summed E-state index contributed by atoms with van der Waals surface area (Å²) in [5.41, 5.74) is 1.75. The summed E-state index contributed by atoms with van der Waals surface area (Å²) in [7, 11) is 0. The van der Waals surface area contributed by atoms with E-state index in [1.54, 1.807) is 24.7 Å². The molecule has 3 atom stereocenters. The quantitative estimate of drug-likeness (QED) is 0.312. The van der Waals surface area contributed by atoms with E-state index in [1.807, 2.05) is 48.0 Å². The van der Waals surface area contributed by atoms with Gasteiger partial charge in [-0.25, -0.2) is 9.78 Å². The molecule has 1 aliphatic heterocycles. The predicted molar refractivity (Wildman–Crippen MR) is 136 cm³/mol. The second-order valence-corrected chi connectivity index (χ2v) is 9.24. The van der Waals surface area contributed by atoms with Crippen LogP contribution in [0.5, 0.6) is 5.75 Å². The lowest BCUT2D eigenvalue weighted by Gasteiger charge is -2.35. The Morgan fingerprint density at radius 3 is 2.78 bits per heavy atom. The maximum atomic E-state index is 10.5. The number of benzene rings is 2. The van der Waals surface area contributed by atoms with Gasteiger partial charge in [-0.05, 0) is 36.8 Å². The summed E-state index contributed by atoms with van der Waals surface area (Å²) < 4.78 is 20.7. The molecule has 1 aromatic heterocycles. The molecule has 2 heterocycles. The Bertz CT molecular complexity index is 1150. The van der Waals surface area contributed by atoms with E-state index < -0.39 is 11.9 Å². The third-order valence-corrected chi connectivity index (χ3v) is 6.47. The lowest BCUT2D eigenvalue weighted by Crippen LogP contribution is -2.38. The standard InChI is InChI=1S/C25H28Cl2N4O5/c1-17(31-11-10-29-16-31)25(22-7-4-19(26)12-23(22)27)35-15-21(36-25)14-34-20-5-2-18(3-6-20)13-28-8-9-30-24(32)33/h2-7,10-12,16-17,21,28,30H,8-9,13-15H2,1H3,(H,32,33). The minimum Gasteiger partial charge on any atom is -0.491 e. The number of carboxylic acid groups (broad SMARTS) is 1. The van der Waals surface area contributed by atoms with Crippen LogP contribution in [0.1, 0.15) is 24.1 Å². The number of ether oxygens (including phenoxy) is 3. The van der Waals surface area contributed by atoms with Crippen molar-refractivity contribution in [2.24, 2.45) is 0 Å². The van der Waals surface area contributed by atoms with Gasteiger partial charge in [-0.15, -0.1) is 0 Å². The molecule has 192 valence electrons. The largest absolute Gasteiger partial charge is 0.491 e. The molecule has 0 radical (unpaired) electrons. The molecule has 3 N–H and O–H groups in total. The van der Waals surface area contributed by atoms with Crippen molar-refractivity contribution in [3.8, 4) is 5.75 Å². The van der Waals surface area contributed by atoms with Crippen LogP contribution in [0, 0.1) is 0 Å². The highest BCUT2D eigenvalue weighted by molar-refractivity contribution is 6.35. The lowest BCUT2D eigenvalue weighted by molar-refractivity contribution is -0.207. The first-order valence-electron chi connectivity index (χ1n) is 11.5. The first-order chi connectivity index (χ1) is 17.4. The van der Waals surface area contributed by atoms with E-state index in [1.165, 1.54) is 0 Å². The second kappa shape index (κ2) is 11.9. The zero-order chi connectivity index (χ0) is 25.5. The summed E-state index contributed by atoms with van der Waals surface area (Å²) in [4.78, 5) is 14.6. The zero-order valence-electron chi connectivity index (χ0n) is 19.7. The average Bonchev–Trinajstić information content (AvgIpc) is 3.54. The van der Waals surface area contributed by atoms with E-state index in [-0.39, 0.29) is 12.1 Å². The maximum absolute atomic E-state index is 10.5. The zero-order valence-corrected chi connectivity index (χ0v) is 21.2. The number of hydrogen-bond donors (Lipinski definition) is 3. The Balaban J connectivity index is 1.37. The third-order valence-electron chi connectivity index (χ3n) is 5.92. The van der Waals surface area contributed by atoms with Gasteiger partial charge >= 0.3 is 6.09 Å². The van der Waals surface area contributed by atoms with Gasteiger partial charge in [0.1, 0.15) is 18.5 Å². The van der Waals surface area contributed by atoms with Crippen molar-refractivity contribution in [1.29, 1.82) is 0 Å². The van der Waals surface area contributed by atoms with Crippen molar-refractivity contribution in [2.45, 2.75) is 31.4 Å². The molecule has 4 rings (SSSR count). The summed E-state index contributed by atoms with van der Waals surface area (Å²) in [6.45, 7) is 4.12. The molecule has 3 unspecified atom stereocenters. The summed E-state index contributed by atoms with van der Waals surface area (Å²) in [5, 5.41) is 15.1. The topological polar surface area (TPSA) is 107 Å². The minimum absolute atomic E-state index is 0.263. The van der Waals surface area contributed by atoms with Gasteiger partial charge in [-0.2, -0.15) is 0 Å². The van der Waals surface area contributed by atoms with Gasteiger partial charge in [0.25, 0.3) is 0 Å². The first-order valence-corrected chi connectivity index (χ1v) is 12.3. The molecular formula is C25H28Cl2N4O5. The van der Waals surface area contributed by atoms with Gasteiger partial charge in [-0.3, -0.25) is 0 Å². The maximum Gasteiger partial charge on any atom is 0.404 e. The van der Waals surface area contributed by atoms with Crippen LogP contribution >= 0.6 is 23.2 Å². The molecule has 0 aliphatic carbocycles. The molecule has 11 heteroatoms. The van der Waals surface area contributed by atoms with E-state index >= 15 is 0 Å². The molecule has 1 saturated heterocycles. The Kier molecular flexibility index (Phi) is 8.71. The molecule has 0 spiro atoms.